The van der Waals surface area contributed by atoms with Gasteiger partial charge in [-0.15, -0.1) is 0 Å². The van der Waals surface area contributed by atoms with Crippen LogP contribution in [0.1, 0.15) is 35.7 Å². The molecule has 1 N–H and O–H groups in total. The number of carbonyl (C=O) groups excluding carboxylic acids is 2. The van der Waals surface area contributed by atoms with Crippen LogP contribution in [0.15, 0.2) is 42.5 Å². The first kappa shape index (κ1) is 17.0. The fourth-order valence-electron chi connectivity index (χ4n) is 3.07. The number of fused-ring (bicyclic) bond motifs is 1. The second kappa shape index (κ2) is 7.38. The van der Waals surface area contributed by atoms with Crippen molar-refractivity contribution in [2.45, 2.75) is 26.2 Å². The zero-order valence-electron chi connectivity index (χ0n) is 14.5. The monoisotopic (exact) mass is 338 g/mol. The summed E-state index contributed by atoms with van der Waals surface area (Å²) in [7, 11) is 1.59. The van der Waals surface area contributed by atoms with Crippen LogP contribution < -0.4 is 15.0 Å². The van der Waals surface area contributed by atoms with Gasteiger partial charge >= 0.3 is 0 Å². The Morgan fingerprint density at radius 3 is 2.60 bits per heavy atom. The highest BCUT2D eigenvalue weighted by Gasteiger charge is 2.21. The molecule has 1 aliphatic heterocycles. The van der Waals surface area contributed by atoms with Gasteiger partial charge in [-0.1, -0.05) is 6.92 Å². The Balaban J connectivity index is 1.77. The number of anilines is 2. The zero-order chi connectivity index (χ0) is 17.8. The van der Waals surface area contributed by atoms with E-state index in [1.54, 1.807) is 31.4 Å². The molecule has 5 heteroatoms. The molecule has 5 nitrogen and oxygen atoms in total. The van der Waals surface area contributed by atoms with Gasteiger partial charge in [0.15, 0.2) is 0 Å². The first-order valence-electron chi connectivity index (χ1n) is 8.51. The highest BCUT2D eigenvalue weighted by molar-refractivity contribution is 6.04. The molecule has 0 spiro atoms. The summed E-state index contributed by atoms with van der Waals surface area (Å²) in [6.07, 6.45) is 2.35. The Morgan fingerprint density at radius 2 is 1.92 bits per heavy atom. The molecule has 2 aromatic carbocycles. The van der Waals surface area contributed by atoms with E-state index in [4.69, 9.17) is 4.74 Å². The van der Waals surface area contributed by atoms with Gasteiger partial charge in [0.1, 0.15) is 5.75 Å². The van der Waals surface area contributed by atoms with Gasteiger partial charge < -0.3 is 15.0 Å². The molecule has 2 amide bonds. The number of carbonyl (C=O) groups is 2. The number of methoxy groups -OCH3 is 1. The van der Waals surface area contributed by atoms with E-state index in [2.05, 4.69) is 5.32 Å². The Kier molecular flexibility index (Phi) is 5.03. The summed E-state index contributed by atoms with van der Waals surface area (Å²) >= 11 is 0. The van der Waals surface area contributed by atoms with E-state index in [1.807, 2.05) is 30.0 Å². The predicted octanol–water partition coefficient (Wildman–Crippen LogP) is 3.64. The van der Waals surface area contributed by atoms with Gasteiger partial charge in [0.05, 0.1) is 7.11 Å². The minimum atomic E-state index is -0.167. The molecule has 0 fully saturated rings. The molecular formula is C20H22N2O3. The van der Waals surface area contributed by atoms with E-state index in [0.717, 1.165) is 36.3 Å². The third kappa shape index (κ3) is 3.65. The number of ether oxygens (including phenoxy) is 1. The number of amides is 2. The smallest absolute Gasteiger partial charge is 0.255 e. The number of nitrogens with zero attached hydrogens (tertiary/aromatic N) is 1. The van der Waals surface area contributed by atoms with Gasteiger partial charge in [-0.05, 0) is 60.9 Å². The van der Waals surface area contributed by atoms with Crippen LogP contribution in [-0.2, 0) is 11.2 Å². The quantitative estimate of drug-likeness (QED) is 0.926. The van der Waals surface area contributed by atoms with Crippen molar-refractivity contribution < 1.29 is 14.3 Å². The van der Waals surface area contributed by atoms with Gasteiger partial charge in [0, 0.05) is 29.9 Å². The minimum Gasteiger partial charge on any atom is -0.497 e. The lowest BCUT2D eigenvalue weighted by molar-refractivity contribution is -0.118. The van der Waals surface area contributed by atoms with E-state index in [0.29, 0.717) is 17.7 Å². The van der Waals surface area contributed by atoms with E-state index in [-0.39, 0.29) is 11.8 Å². The van der Waals surface area contributed by atoms with Crippen molar-refractivity contribution in [3.05, 3.63) is 53.6 Å². The zero-order valence-corrected chi connectivity index (χ0v) is 14.5. The number of rotatable bonds is 4. The Hall–Kier alpha value is -2.82. The maximum absolute atomic E-state index is 12.4. The topological polar surface area (TPSA) is 58.6 Å². The van der Waals surface area contributed by atoms with Gasteiger partial charge in [-0.3, -0.25) is 9.59 Å². The second-order valence-corrected chi connectivity index (χ2v) is 6.03. The lowest BCUT2D eigenvalue weighted by Crippen LogP contribution is -2.34. The Labute approximate surface area is 147 Å². The molecule has 3 rings (SSSR count). The molecule has 0 unspecified atom stereocenters. The van der Waals surface area contributed by atoms with Crippen molar-refractivity contribution in [2.24, 2.45) is 0 Å². The molecule has 0 bridgehead atoms. The van der Waals surface area contributed by atoms with Gasteiger partial charge in [0.25, 0.3) is 5.91 Å². The molecule has 130 valence electrons. The van der Waals surface area contributed by atoms with Gasteiger partial charge in [0.2, 0.25) is 5.91 Å². The van der Waals surface area contributed by atoms with E-state index >= 15 is 0 Å². The summed E-state index contributed by atoms with van der Waals surface area (Å²) in [6.45, 7) is 2.64. The molecule has 0 radical (unpaired) electrons. The van der Waals surface area contributed by atoms with E-state index in [1.165, 1.54) is 0 Å². The maximum Gasteiger partial charge on any atom is 0.255 e. The average molecular weight is 338 g/mol. The van der Waals surface area contributed by atoms with Crippen molar-refractivity contribution in [3.8, 4) is 5.75 Å². The van der Waals surface area contributed by atoms with Crippen LogP contribution >= 0.6 is 0 Å². The number of hydrogen-bond donors (Lipinski definition) is 1. The van der Waals surface area contributed by atoms with Crippen molar-refractivity contribution >= 4 is 23.2 Å². The normalized spacial score (nSPS) is 13.1. The summed E-state index contributed by atoms with van der Waals surface area (Å²) in [5.74, 6) is 0.682. The summed E-state index contributed by atoms with van der Waals surface area (Å²) in [6, 6.07) is 12.7. The third-order valence-corrected chi connectivity index (χ3v) is 4.41. The molecule has 25 heavy (non-hydrogen) atoms. The average Bonchev–Trinajstić information content (AvgIpc) is 2.66. The van der Waals surface area contributed by atoms with E-state index < -0.39 is 0 Å². The number of aryl methyl sites for hydroxylation is 1. The second-order valence-electron chi connectivity index (χ2n) is 6.03. The molecule has 1 heterocycles. The molecule has 1 aliphatic rings. The van der Waals surface area contributed by atoms with Crippen LogP contribution in [0.2, 0.25) is 0 Å². The number of hydrogen-bond acceptors (Lipinski definition) is 3. The summed E-state index contributed by atoms with van der Waals surface area (Å²) < 4.78 is 5.10. The lowest BCUT2D eigenvalue weighted by Gasteiger charge is -2.29. The predicted molar refractivity (Wildman–Crippen MR) is 98.4 cm³/mol. The SMILES string of the molecule is CCC(=O)N1CCCc2cc(NC(=O)c3ccc(OC)cc3)ccc21. The minimum absolute atomic E-state index is 0.135. The molecule has 0 saturated heterocycles. The van der Waals surface area contributed by atoms with Crippen LogP contribution in [-0.4, -0.2) is 25.5 Å². The van der Waals surface area contributed by atoms with Crippen molar-refractivity contribution in [1.82, 2.24) is 0 Å². The molecular weight excluding hydrogens is 316 g/mol. The van der Waals surface area contributed by atoms with Crippen LogP contribution in [0.3, 0.4) is 0 Å². The standard InChI is InChI=1S/C20H22N2O3/c1-3-19(23)22-12-4-5-15-13-16(8-11-18(15)22)21-20(24)14-6-9-17(25-2)10-7-14/h6-11,13H,3-5,12H2,1-2H3,(H,21,24). The van der Waals surface area contributed by atoms with E-state index in [9.17, 15) is 9.59 Å². The fraction of sp³-hybridized carbons (Fsp3) is 0.300. The van der Waals surface area contributed by atoms with Crippen LogP contribution in [0.5, 0.6) is 5.75 Å². The van der Waals surface area contributed by atoms with Crippen LogP contribution in [0, 0.1) is 0 Å². The molecule has 0 atom stereocenters. The van der Waals surface area contributed by atoms with Gasteiger partial charge in [-0.25, -0.2) is 0 Å². The largest absolute Gasteiger partial charge is 0.497 e. The molecule has 0 aliphatic carbocycles. The fourth-order valence-corrected chi connectivity index (χ4v) is 3.07. The molecule has 0 saturated carbocycles. The molecule has 0 aromatic heterocycles. The van der Waals surface area contributed by atoms with Crippen molar-refractivity contribution in [2.75, 3.05) is 23.9 Å². The Morgan fingerprint density at radius 1 is 1.16 bits per heavy atom. The van der Waals surface area contributed by atoms with Crippen LogP contribution in [0.25, 0.3) is 0 Å². The Bertz CT molecular complexity index is 784. The van der Waals surface area contributed by atoms with Crippen LogP contribution in [0.4, 0.5) is 11.4 Å². The summed E-state index contributed by atoms with van der Waals surface area (Å²) in [5, 5.41) is 2.92. The number of nitrogens with one attached hydrogen (secondary N) is 1. The summed E-state index contributed by atoms with van der Waals surface area (Å²) in [5.41, 5.74) is 3.37. The maximum atomic E-state index is 12.4. The highest BCUT2D eigenvalue weighted by Crippen LogP contribution is 2.30. The first-order valence-corrected chi connectivity index (χ1v) is 8.51. The van der Waals surface area contributed by atoms with Crippen molar-refractivity contribution in [1.29, 1.82) is 0 Å². The van der Waals surface area contributed by atoms with Gasteiger partial charge in [-0.2, -0.15) is 0 Å². The highest BCUT2D eigenvalue weighted by atomic mass is 16.5. The number of benzene rings is 2. The summed E-state index contributed by atoms with van der Waals surface area (Å²) in [4.78, 5) is 26.3. The third-order valence-electron chi connectivity index (χ3n) is 4.41. The lowest BCUT2D eigenvalue weighted by atomic mass is 10.0. The first-order chi connectivity index (χ1) is 12.1. The molecule has 2 aromatic rings. The van der Waals surface area contributed by atoms with Crippen molar-refractivity contribution in [3.63, 3.8) is 0 Å².